The third-order valence-electron chi connectivity index (χ3n) is 2.91. The van der Waals surface area contributed by atoms with Crippen molar-refractivity contribution in [3.05, 3.63) is 49.6 Å². The second-order valence-corrected chi connectivity index (χ2v) is 4.42. The summed E-state index contributed by atoms with van der Waals surface area (Å²) in [7, 11) is 0. The van der Waals surface area contributed by atoms with Crippen LogP contribution in [-0.2, 0) is 19.1 Å². The van der Waals surface area contributed by atoms with Crippen molar-refractivity contribution in [2.75, 3.05) is 0 Å². The van der Waals surface area contributed by atoms with Crippen LogP contribution in [0.1, 0.15) is 25.7 Å². The van der Waals surface area contributed by atoms with Gasteiger partial charge in [-0.15, -0.1) is 0 Å². The predicted octanol–water partition coefficient (Wildman–Crippen LogP) is 2.87. The minimum absolute atomic E-state index is 0.383. The topological polar surface area (TPSA) is 52.6 Å². The third-order valence-corrected chi connectivity index (χ3v) is 2.91. The van der Waals surface area contributed by atoms with Crippen LogP contribution in [-0.4, -0.2) is 24.1 Å². The molecule has 2 atom stereocenters. The molecule has 0 aromatic rings. The number of hydrogen-bond acceptors (Lipinski definition) is 4. The van der Waals surface area contributed by atoms with Gasteiger partial charge in [-0.05, 0) is 25.7 Å². The summed E-state index contributed by atoms with van der Waals surface area (Å²) in [6.07, 6.45) is 11.2. The zero-order valence-corrected chi connectivity index (χ0v) is 11.5. The predicted molar refractivity (Wildman–Crippen MR) is 76.9 cm³/mol. The molecule has 1 aliphatic rings. The zero-order valence-electron chi connectivity index (χ0n) is 11.5. The van der Waals surface area contributed by atoms with Crippen molar-refractivity contribution in [1.82, 2.24) is 0 Å². The van der Waals surface area contributed by atoms with Crippen molar-refractivity contribution in [3.8, 4) is 0 Å². The lowest BCUT2D eigenvalue weighted by Crippen LogP contribution is -2.37. The van der Waals surface area contributed by atoms with Crippen LogP contribution in [0.5, 0.6) is 0 Å². The van der Waals surface area contributed by atoms with E-state index in [0.717, 1.165) is 12.8 Å². The van der Waals surface area contributed by atoms with Crippen molar-refractivity contribution >= 4 is 11.9 Å². The van der Waals surface area contributed by atoms with Gasteiger partial charge < -0.3 is 9.47 Å². The number of carbonyl (C=O) groups excluding carboxylic acids is 2. The molecule has 0 saturated heterocycles. The fraction of sp³-hybridized carbons (Fsp3) is 0.375. The summed E-state index contributed by atoms with van der Waals surface area (Å²) < 4.78 is 10.6. The average molecular weight is 276 g/mol. The molecule has 108 valence electrons. The molecule has 1 rings (SSSR count). The lowest BCUT2D eigenvalue weighted by molar-refractivity contribution is -0.165. The Morgan fingerprint density at radius 1 is 0.850 bits per heavy atom. The van der Waals surface area contributed by atoms with E-state index < -0.39 is 11.9 Å². The number of rotatable bonds is 6. The van der Waals surface area contributed by atoms with Gasteiger partial charge in [0, 0.05) is 12.2 Å². The molecule has 1 saturated carbocycles. The Morgan fingerprint density at radius 2 is 1.25 bits per heavy atom. The SMILES string of the molecule is C=C/C=C/C(=O)OC1CCCCC1OC(=O)/C=C/C=C. The molecule has 0 N–H and O–H groups in total. The van der Waals surface area contributed by atoms with Gasteiger partial charge >= 0.3 is 11.9 Å². The lowest BCUT2D eigenvalue weighted by Gasteiger charge is -2.30. The minimum Gasteiger partial charge on any atom is -0.455 e. The minimum atomic E-state index is -0.445. The summed E-state index contributed by atoms with van der Waals surface area (Å²) in [5.41, 5.74) is 0. The van der Waals surface area contributed by atoms with E-state index in [9.17, 15) is 9.59 Å². The fourth-order valence-corrected chi connectivity index (χ4v) is 2.00. The van der Waals surface area contributed by atoms with Crippen molar-refractivity contribution in [2.24, 2.45) is 0 Å². The number of allylic oxidation sites excluding steroid dienone is 4. The van der Waals surface area contributed by atoms with Gasteiger partial charge in [-0.25, -0.2) is 9.59 Å². The molecule has 0 spiro atoms. The summed E-state index contributed by atoms with van der Waals surface area (Å²) in [6.45, 7) is 6.97. The molecule has 0 amide bonds. The summed E-state index contributed by atoms with van der Waals surface area (Å²) in [5, 5.41) is 0. The van der Waals surface area contributed by atoms with Crippen LogP contribution in [0.3, 0.4) is 0 Å². The lowest BCUT2D eigenvalue weighted by atomic mass is 9.94. The highest BCUT2D eigenvalue weighted by atomic mass is 16.6. The molecule has 0 aromatic heterocycles. The Morgan fingerprint density at radius 3 is 1.60 bits per heavy atom. The van der Waals surface area contributed by atoms with Crippen LogP contribution in [0.4, 0.5) is 0 Å². The smallest absolute Gasteiger partial charge is 0.331 e. The van der Waals surface area contributed by atoms with Crippen molar-refractivity contribution < 1.29 is 19.1 Å². The Bertz CT molecular complexity index is 380. The van der Waals surface area contributed by atoms with Gasteiger partial charge in [0.25, 0.3) is 0 Å². The first-order chi connectivity index (χ1) is 9.67. The molecular weight excluding hydrogens is 256 g/mol. The largest absolute Gasteiger partial charge is 0.455 e. The van der Waals surface area contributed by atoms with Crippen LogP contribution < -0.4 is 0 Å². The van der Waals surface area contributed by atoms with E-state index in [1.165, 1.54) is 36.5 Å². The van der Waals surface area contributed by atoms with Crippen LogP contribution in [0, 0.1) is 0 Å². The van der Waals surface area contributed by atoms with E-state index in [4.69, 9.17) is 9.47 Å². The first kappa shape index (κ1) is 16.0. The molecule has 0 radical (unpaired) electrons. The molecule has 2 unspecified atom stereocenters. The molecule has 1 aliphatic carbocycles. The molecular formula is C16H20O4. The molecule has 1 fully saturated rings. The monoisotopic (exact) mass is 276 g/mol. The van der Waals surface area contributed by atoms with Crippen LogP contribution >= 0.6 is 0 Å². The van der Waals surface area contributed by atoms with Gasteiger partial charge in [-0.2, -0.15) is 0 Å². The zero-order chi connectivity index (χ0) is 14.8. The molecule has 4 heteroatoms. The summed E-state index contributed by atoms with van der Waals surface area (Å²) in [5.74, 6) is -0.890. The van der Waals surface area contributed by atoms with Crippen LogP contribution in [0.25, 0.3) is 0 Å². The summed E-state index contributed by atoms with van der Waals surface area (Å²) >= 11 is 0. The number of hydrogen-bond donors (Lipinski definition) is 0. The van der Waals surface area contributed by atoms with Crippen LogP contribution in [0.15, 0.2) is 49.6 Å². The normalized spacial score (nSPS) is 22.6. The average Bonchev–Trinajstić information content (AvgIpc) is 2.45. The van der Waals surface area contributed by atoms with Gasteiger partial charge in [-0.1, -0.05) is 37.5 Å². The van der Waals surface area contributed by atoms with E-state index in [1.807, 2.05) is 0 Å². The molecule has 0 bridgehead atoms. The van der Waals surface area contributed by atoms with Crippen molar-refractivity contribution in [1.29, 1.82) is 0 Å². The number of carbonyl (C=O) groups is 2. The highest BCUT2D eigenvalue weighted by Crippen LogP contribution is 2.24. The standard InChI is InChI=1S/C16H20O4/c1-3-5-11-15(17)19-13-9-7-8-10-14(13)20-16(18)12-6-4-2/h3-6,11-14H,1-2,7-10H2/b11-5+,12-6+. The van der Waals surface area contributed by atoms with Crippen molar-refractivity contribution in [2.45, 2.75) is 37.9 Å². The van der Waals surface area contributed by atoms with E-state index in [0.29, 0.717) is 12.8 Å². The fourth-order valence-electron chi connectivity index (χ4n) is 2.00. The Kier molecular flexibility index (Phi) is 7.11. The number of ether oxygens (including phenoxy) is 2. The van der Waals surface area contributed by atoms with Gasteiger partial charge in [0.05, 0.1) is 0 Å². The first-order valence-corrected chi connectivity index (χ1v) is 6.66. The quantitative estimate of drug-likeness (QED) is 0.425. The third kappa shape index (κ3) is 5.69. The number of esters is 2. The van der Waals surface area contributed by atoms with Gasteiger partial charge in [-0.3, -0.25) is 0 Å². The van der Waals surface area contributed by atoms with E-state index in [2.05, 4.69) is 13.2 Å². The summed E-state index contributed by atoms with van der Waals surface area (Å²) in [4.78, 5) is 23.1. The maximum atomic E-state index is 11.5. The van der Waals surface area contributed by atoms with E-state index in [1.54, 1.807) is 0 Å². The maximum absolute atomic E-state index is 11.5. The second kappa shape index (κ2) is 8.91. The van der Waals surface area contributed by atoms with Gasteiger partial charge in [0.2, 0.25) is 0 Å². The molecule has 20 heavy (non-hydrogen) atoms. The first-order valence-electron chi connectivity index (χ1n) is 6.66. The Hall–Kier alpha value is -2.10. The molecule has 4 nitrogen and oxygen atoms in total. The second-order valence-electron chi connectivity index (χ2n) is 4.42. The van der Waals surface area contributed by atoms with Crippen LogP contribution in [0.2, 0.25) is 0 Å². The highest BCUT2D eigenvalue weighted by molar-refractivity contribution is 5.83. The van der Waals surface area contributed by atoms with E-state index in [-0.39, 0.29) is 12.2 Å². The summed E-state index contributed by atoms with van der Waals surface area (Å²) in [6, 6.07) is 0. The van der Waals surface area contributed by atoms with Gasteiger partial charge in [0.15, 0.2) is 0 Å². The molecule has 0 heterocycles. The Labute approximate surface area is 119 Å². The molecule has 0 aliphatic heterocycles. The Balaban J connectivity index is 2.57. The van der Waals surface area contributed by atoms with Crippen molar-refractivity contribution in [3.63, 3.8) is 0 Å². The molecule has 0 aromatic carbocycles. The highest BCUT2D eigenvalue weighted by Gasteiger charge is 2.30. The maximum Gasteiger partial charge on any atom is 0.331 e. The van der Waals surface area contributed by atoms with E-state index >= 15 is 0 Å². The van der Waals surface area contributed by atoms with Gasteiger partial charge in [0.1, 0.15) is 12.2 Å².